The fourth-order valence-electron chi connectivity index (χ4n) is 1.32. The Labute approximate surface area is 104 Å². The quantitative estimate of drug-likeness (QED) is 0.846. The van der Waals surface area contributed by atoms with E-state index in [9.17, 15) is 0 Å². The number of aromatic nitrogens is 2. The van der Waals surface area contributed by atoms with Gasteiger partial charge in [-0.25, -0.2) is 0 Å². The molecule has 1 atom stereocenters. The van der Waals surface area contributed by atoms with Crippen molar-refractivity contribution in [3.8, 4) is 23.7 Å². The number of nitrogens with two attached hydrogens (primary N) is 1. The van der Waals surface area contributed by atoms with Gasteiger partial charge < -0.3 is 10.3 Å². The van der Waals surface area contributed by atoms with E-state index in [2.05, 4.69) is 16.1 Å². The number of hydrogen-bond acceptors (Lipinski definition) is 4. The number of halogens is 1. The summed E-state index contributed by atoms with van der Waals surface area (Å²) in [4.78, 5) is 4.19. The van der Waals surface area contributed by atoms with Crippen LogP contribution in [0.15, 0.2) is 28.8 Å². The summed E-state index contributed by atoms with van der Waals surface area (Å²) in [5.41, 5.74) is 6.58. The van der Waals surface area contributed by atoms with Crippen LogP contribution < -0.4 is 5.73 Å². The first-order valence-corrected chi connectivity index (χ1v) is 5.37. The van der Waals surface area contributed by atoms with Gasteiger partial charge in [0.2, 0.25) is 11.7 Å². The van der Waals surface area contributed by atoms with Gasteiger partial charge in [0.25, 0.3) is 0 Å². The SMILES string of the molecule is C#CCC(N)c1nc(-c2ccc(Cl)cc2)no1. The molecule has 5 heteroatoms. The molecule has 0 fully saturated rings. The molecule has 4 nitrogen and oxygen atoms in total. The van der Waals surface area contributed by atoms with Crippen molar-refractivity contribution in [2.75, 3.05) is 0 Å². The molecule has 0 aliphatic rings. The maximum atomic E-state index is 5.79. The third-order valence-electron chi connectivity index (χ3n) is 2.20. The summed E-state index contributed by atoms with van der Waals surface area (Å²) in [6, 6.07) is 6.71. The van der Waals surface area contributed by atoms with Crippen LogP contribution in [0.25, 0.3) is 11.4 Å². The van der Waals surface area contributed by atoms with Crippen LogP contribution in [-0.2, 0) is 0 Å². The van der Waals surface area contributed by atoms with E-state index in [1.165, 1.54) is 0 Å². The van der Waals surface area contributed by atoms with E-state index in [1.807, 2.05) is 12.1 Å². The number of rotatable bonds is 3. The first-order chi connectivity index (χ1) is 8.20. The average Bonchev–Trinajstić information content (AvgIpc) is 2.80. The fraction of sp³-hybridized carbons (Fsp3) is 0.167. The van der Waals surface area contributed by atoms with Crippen molar-refractivity contribution in [1.82, 2.24) is 10.1 Å². The minimum absolute atomic E-state index is 0.341. The highest BCUT2D eigenvalue weighted by Gasteiger charge is 2.14. The van der Waals surface area contributed by atoms with E-state index in [1.54, 1.807) is 12.1 Å². The molecular formula is C12H10ClN3O. The molecule has 1 aromatic carbocycles. The molecule has 0 bridgehead atoms. The largest absolute Gasteiger partial charge is 0.337 e. The van der Waals surface area contributed by atoms with Crippen LogP contribution in [0.1, 0.15) is 18.4 Å². The molecule has 0 saturated heterocycles. The summed E-state index contributed by atoms with van der Waals surface area (Å²) in [6.45, 7) is 0. The van der Waals surface area contributed by atoms with Crippen molar-refractivity contribution in [2.24, 2.45) is 5.73 Å². The lowest BCUT2D eigenvalue weighted by atomic mass is 10.2. The minimum atomic E-state index is -0.423. The topological polar surface area (TPSA) is 64.9 Å². The van der Waals surface area contributed by atoms with E-state index >= 15 is 0 Å². The number of nitrogens with zero attached hydrogens (tertiary/aromatic N) is 2. The zero-order valence-corrected chi connectivity index (χ0v) is 9.69. The highest BCUT2D eigenvalue weighted by molar-refractivity contribution is 6.30. The second kappa shape index (κ2) is 5.00. The van der Waals surface area contributed by atoms with Gasteiger partial charge in [-0.05, 0) is 24.3 Å². The van der Waals surface area contributed by atoms with Crippen LogP contribution in [0.4, 0.5) is 0 Å². The van der Waals surface area contributed by atoms with Gasteiger partial charge in [-0.3, -0.25) is 0 Å². The van der Waals surface area contributed by atoms with Crippen LogP contribution in [0.2, 0.25) is 5.02 Å². The van der Waals surface area contributed by atoms with Gasteiger partial charge >= 0.3 is 0 Å². The van der Waals surface area contributed by atoms with Gasteiger partial charge in [0, 0.05) is 17.0 Å². The summed E-state index contributed by atoms with van der Waals surface area (Å²) in [6.07, 6.45) is 5.53. The molecule has 2 N–H and O–H groups in total. The molecule has 0 spiro atoms. The lowest BCUT2D eigenvalue weighted by Crippen LogP contribution is -2.09. The van der Waals surface area contributed by atoms with Crippen molar-refractivity contribution >= 4 is 11.6 Å². The Hall–Kier alpha value is -1.83. The van der Waals surface area contributed by atoms with Gasteiger partial charge in [0.05, 0.1) is 6.04 Å². The Morgan fingerprint density at radius 2 is 2.12 bits per heavy atom. The maximum absolute atomic E-state index is 5.79. The minimum Gasteiger partial charge on any atom is -0.337 e. The Bertz CT molecular complexity index is 542. The number of benzene rings is 1. The Morgan fingerprint density at radius 1 is 1.41 bits per heavy atom. The van der Waals surface area contributed by atoms with Crippen molar-refractivity contribution in [1.29, 1.82) is 0 Å². The molecule has 2 rings (SSSR count). The van der Waals surface area contributed by atoms with Crippen molar-refractivity contribution < 1.29 is 4.52 Å². The van der Waals surface area contributed by atoms with Crippen LogP contribution in [0, 0.1) is 12.3 Å². The average molecular weight is 248 g/mol. The van der Waals surface area contributed by atoms with E-state index < -0.39 is 6.04 Å². The Morgan fingerprint density at radius 3 is 2.76 bits per heavy atom. The number of terminal acetylenes is 1. The van der Waals surface area contributed by atoms with E-state index in [4.69, 9.17) is 28.3 Å². The molecule has 1 unspecified atom stereocenters. The number of hydrogen-bond donors (Lipinski definition) is 1. The smallest absolute Gasteiger partial charge is 0.244 e. The van der Waals surface area contributed by atoms with Gasteiger partial charge in [-0.15, -0.1) is 12.3 Å². The first kappa shape index (κ1) is 11.6. The fourth-order valence-corrected chi connectivity index (χ4v) is 1.44. The Kier molecular flexibility index (Phi) is 3.43. The van der Waals surface area contributed by atoms with Gasteiger partial charge in [0.1, 0.15) is 0 Å². The van der Waals surface area contributed by atoms with Gasteiger partial charge in [0.15, 0.2) is 0 Å². The molecule has 0 amide bonds. The van der Waals surface area contributed by atoms with Crippen LogP contribution in [-0.4, -0.2) is 10.1 Å². The molecule has 86 valence electrons. The predicted octanol–water partition coefficient (Wildman–Crippen LogP) is 2.41. The van der Waals surface area contributed by atoms with Crippen molar-refractivity contribution in [3.63, 3.8) is 0 Å². The standard InChI is InChI=1S/C12H10ClN3O/c1-2-3-10(14)12-15-11(16-17-12)8-4-6-9(13)7-5-8/h1,4-7,10H,3,14H2. The summed E-state index contributed by atoms with van der Waals surface area (Å²) in [5.74, 6) is 3.27. The summed E-state index contributed by atoms with van der Waals surface area (Å²) in [5, 5.41) is 4.50. The van der Waals surface area contributed by atoms with E-state index in [0.717, 1.165) is 5.56 Å². The molecule has 0 radical (unpaired) electrons. The molecular weight excluding hydrogens is 238 g/mol. The van der Waals surface area contributed by atoms with E-state index in [0.29, 0.717) is 23.2 Å². The zero-order chi connectivity index (χ0) is 12.3. The monoisotopic (exact) mass is 247 g/mol. The highest BCUT2D eigenvalue weighted by Crippen LogP contribution is 2.20. The molecule has 17 heavy (non-hydrogen) atoms. The van der Waals surface area contributed by atoms with E-state index in [-0.39, 0.29) is 0 Å². The maximum Gasteiger partial charge on any atom is 0.244 e. The summed E-state index contributed by atoms with van der Waals surface area (Å²) in [7, 11) is 0. The molecule has 2 aromatic rings. The summed E-state index contributed by atoms with van der Waals surface area (Å²) >= 11 is 5.79. The van der Waals surface area contributed by atoms with Crippen LogP contribution in [0.5, 0.6) is 0 Å². The van der Waals surface area contributed by atoms with Crippen LogP contribution in [0.3, 0.4) is 0 Å². The third kappa shape index (κ3) is 2.64. The zero-order valence-electron chi connectivity index (χ0n) is 8.93. The summed E-state index contributed by atoms with van der Waals surface area (Å²) < 4.78 is 5.05. The normalized spacial score (nSPS) is 12.1. The molecule has 0 aliphatic carbocycles. The van der Waals surface area contributed by atoms with Gasteiger partial charge in [-0.2, -0.15) is 4.98 Å². The first-order valence-electron chi connectivity index (χ1n) is 4.99. The van der Waals surface area contributed by atoms with Crippen molar-refractivity contribution in [2.45, 2.75) is 12.5 Å². The Balaban J connectivity index is 2.24. The molecule has 1 aromatic heterocycles. The lowest BCUT2D eigenvalue weighted by Gasteiger charge is -1.98. The predicted molar refractivity (Wildman–Crippen MR) is 65.1 cm³/mol. The third-order valence-corrected chi connectivity index (χ3v) is 2.45. The van der Waals surface area contributed by atoms with Gasteiger partial charge in [-0.1, -0.05) is 16.8 Å². The highest BCUT2D eigenvalue weighted by atomic mass is 35.5. The second-order valence-corrected chi connectivity index (χ2v) is 3.91. The molecule has 0 saturated carbocycles. The molecule has 0 aliphatic heterocycles. The van der Waals surface area contributed by atoms with Crippen LogP contribution >= 0.6 is 11.6 Å². The van der Waals surface area contributed by atoms with Crippen molar-refractivity contribution in [3.05, 3.63) is 35.2 Å². The second-order valence-electron chi connectivity index (χ2n) is 3.48. The lowest BCUT2D eigenvalue weighted by molar-refractivity contribution is 0.357. The molecule has 1 heterocycles.